The largest absolute Gasteiger partial charge is 0.329 e. The average Bonchev–Trinajstić information content (AvgIpc) is 2.49. The van der Waals surface area contributed by atoms with Crippen LogP contribution in [0, 0.1) is 5.82 Å². The van der Waals surface area contributed by atoms with E-state index in [0.29, 0.717) is 6.54 Å². The molecule has 2 N–H and O–H groups in total. The molecule has 0 amide bonds. The number of nitrogens with zero attached hydrogens (tertiary/aromatic N) is 1. The van der Waals surface area contributed by atoms with Crippen LogP contribution in [-0.4, -0.2) is 25.0 Å². The van der Waals surface area contributed by atoms with E-state index >= 15 is 0 Å². The topological polar surface area (TPSA) is 29.3 Å². The molecule has 1 atom stereocenters. The highest BCUT2D eigenvalue weighted by molar-refractivity contribution is 9.10. The summed E-state index contributed by atoms with van der Waals surface area (Å²) in [5.74, 6) is -0.242. The molecule has 0 saturated carbocycles. The van der Waals surface area contributed by atoms with E-state index in [1.165, 1.54) is 17.7 Å². The summed E-state index contributed by atoms with van der Waals surface area (Å²) in [4.78, 5) is 2.21. The van der Waals surface area contributed by atoms with E-state index in [0.717, 1.165) is 23.0 Å². The van der Waals surface area contributed by atoms with Crippen molar-refractivity contribution in [3.8, 4) is 0 Å². The molecule has 21 heavy (non-hydrogen) atoms. The predicted octanol–water partition coefficient (Wildman–Crippen LogP) is 3.76. The lowest BCUT2D eigenvalue weighted by molar-refractivity contribution is 0.252. The Kier molecular flexibility index (Phi) is 5.91. The van der Waals surface area contributed by atoms with Crippen molar-refractivity contribution in [2.45, 2.75) is 12.5 Å². The standard InChI is InChI=1S/C17H20BrFN2/c1-21(10-9-13-5-3-2-4-6-13)17(12-20)15-8-7-14(19)11-16(15)18/h2-8,11,17H,9-10,12,20H2,1H3. The SMILES string of the molecule is CN(CCc1ccccc1)C(CN)c1ccc(F)cc1Br. The Labute approximate surface area is 133 Å². The van der Waals surface area contributed by atoms with Gasteiger partial charge in [0.25, 0.3) is 0 Å². The normalized spacial score (nSPS) is 12.6. The maximum atomic E-state index is 13.2. The quantitative estimate of drug-likeness (QED) is 0.859. The van der Waals surface area contributed by atoms with Crippen molar-refractivity contribution >= 4 is 15.9 Å². The molecular formula is C17H20BrFN2. The molecule has 0 aliphatic rings. The number of benzene rings is 2. The highest BCUT2D eigenvalue weighted by Gasteiger charge is 2.18. The second kappa shape index (κ2) is 7.69. The maximum absolute atomic E-state index is 13.2. The number of nitrogens with two attached hydrogens (primary N) is 1. The van der Waals surface area contributed by atoms with Crippen LogP contribution in [0.4, 0.5) is 4.39 Å². The summed E-state index contributed by atoms with van der Waals surface area (Å²) in [7, 11) is 2.05. The van der Waals surface area contributed by atoms with E-state index in [4.69, 9.17) is 5.73 Å². The molecule has 1 unspecified atom stereocenters. The third kappa shape index (κ3) is 4.37. The second-order valence-corrected chi connectivity index (χ2v) is 5.99. The van der Waals surface area contributed by atoms with Crippen molar-refractivity contribution in [3.63, 3.8) is 0 Å². The first-order valence-electron chi connectivity index (χ1n) is 7.01. The molecule has 2 nitrogen and oxygen atoms in total. The molecule has 0 saturated heterocycles. The van der Waals surface area contributed by atoms with Gasteiger partial charge >= 0.3 is 0 Å². The Hall–Kier alpha value is -1.23. The molecular weight excluding hydrogens is 331 g/mol. The van der Waals surface area contributed by atoms with Crippen molar-refractivity contribution in [2.24, 2.45) is 5.73 Å². The van der Waals surface area contributed by atoms with Crippen molar-refractivity contribution in [3.05, 3.63) is 69.9 Å². The van der Waals surface area contributed by atoms with Crippen LogP contribution in [0.3, 0.4) is 0 Å². The van der Waals surface area contributed by atoms with Gasteiger partial charge in [-0.2, -0.15) is 0 Å². The second-order valence-electron chi connectivity index (χ2n) is 5.13. The van der Waals surface area contributed by atoms with Gasteiger partial charge in [0, 0.05) is 23.6 Å². The van der Waals surface area contributed by atoms with Gasteiger partial charge in [-0.25, -0.2) is 4.39 Å². The molecule has 0 heterocycles. The van der Waals surface area contributed by atoms with Gasteiger partial charge in [-0.05, 0) is 36.7 Å². The van der Waals surface area contributed by atoms with Gasteiger partial charge in [-0.1, -0.05) is 52.3 Å². The summed E-state index contributed by atoms with van der Waals surface area (Å²) >= 11 is 3.43. The lowest BCUT2D eigenvalue weighted by atomic mass is 10.0. The molecule has 0 spiro atoms. The van der Waals surface area contributed by atoms with Crippen LogP contribution < -0.4 is 5.73 Å². The first-order chi connectivity index (χ1) is 10.1. The van der Waals surface area contributed by atoms with Crippen LogP contribution in [-0.2, 0) is 6.42 Å². The van der Waals surface area contributed by atoms with Crippen LogP contribution >= 0.6 is 15.9 Å². The lowest BCUT2D eigenvalue weighted by Gasteiger charge is -2.28. The predicted molar refractivity (Wildman–Crippen MR) is 88.7 cm³/mol. The molecule has 2 aromatic rings. The third-order valence-electron chi connectivity index (χ3n) is 3.67. The summed E-state index contributed by atoms with van der Waals surface area (Å²) in [6.07, 6.45) is 0.965. The van der Waals surface area contributed by atoms with E-state index in [1.807, 2.05) is 18.2 Å². The number of hydrogen-bond acceptors (Lipinski definition) is 2. The van der Waals surface area contributed by atoms with Gasteiger partial charge in [0.15, 0.2) is 0 Å². The van der Waals surface area contributed by atoms with Crippen molar-refractivity contribution < 1.29 is 4.39 Å². The summed E-state index contributed by atoms with van der Waals surface area (Å²) < 4.78 is 14.0. The molecule has 0 radical (unpaired) electrons. The highest BCUT2D eigenvalue weighted by Crippen LogP contribution is 2.27. The minimum atomic E-state index is -0.242. The lowest BCUT2D eigenvalue weighted by Crippen LogP contribution is -2.32. The van der Waals surface area contributed by atoms with E-state index in [1.54, 1.807) is 6.07 Å². The molecule has 0 bridgehead atoms. The van der Waals surface area contributed by atoms with Crippen LogP contribution in [0.2, 0.25) is 0 Å². The van der Waals surface area contributed by atoms with Crippen LogP contribution in [0.25, 0.3) is 0 Å². The smallest absolute Gasteiger partial charge is 0.124 e. The van der Waals surface area contributed by atoms with E-state index in [9.17, 15) is 4.39 Å². The van der Waals surface area contributed by atoms with Crippen molar-refractivity contribution in [1.29, 1.82) is 0 Å². The molecule has 0 aliphatic heterocycles. The molecule has 2 aromatic carbocycles. The molecule has 4 heteroatoms. The van der Waals surface area contributed by atoms with Gasteiger partial charge in [0.1, 0.15) is 5.82 Å². The monoisotopic (exact) mass is 350 g/mol. The minimum absolute atomic E-state index is 0.0729. The van der Waals surface area contributed by atoms with Crippen LogP contribution in [0.15, 0.2) is 53.0 Å². The number of hydrogen-bond donors (Lipinski definition) is 1. The van der Waals surface area contributed by atoms with Gasteiger partial charge in [0.05, 0.1) is 0 Å². The Morgan fingerprint density at radius 3 is 2.52 bits per heavy atom. The zero-order chi connectivity index (χ0) is 15.2. The zero-order valence-electron chi connectivity index (χ0n) is 12.1. The number of rotatable bonds is 6. The third-order valence-corrected chi connectivity index (χ3v) is 4.36. The van der Waals surface area contributed by atoms with Crippen molar-refractivity contribution in [1.82, 2.24) is 4.90 Å². The van der Waals surface area contributed by atoms with Crippen LogP contribution in [0.1, 0.15) is 17.2 Å². The van der Waals surface area contributed by atoms with E-state index in [2.05, 4.69) is 40.0 Å². The Balaban J connectivity index is 2.06. The molecule has 2 rings (SSSR count). The summed E-state index contributed by atoms with van der Waals surface area (Å²) in [5.41, 5.74) is 8.25. The first kappa shape index (κ1) is 16.1. The number of likely N-dealkylation sites (N-methyl/N-ethyl adjacent to an activating group) is 1. The minimum Gasteiger partial charge on any atom is -0.329 e. The molecule has 112 valence electrons. The van der Waals surface area contributed by atoms with Crippen molar-refractivity contribution in [2.75, 3.05) is 20.1 Å². The fourth-order valence-electron chi connectivity index (χ4n) is 2.42. The van der Waals surface area contributed by atoms with E-state index < -0.39 is 0 Å². The van der Waals surface area contributed by atoms with Gasteiger partial charge < -0.3 is 5.73 Å². The Morgan fingerprint density at radius 2 is 1.90 bits per heavy atom. The van der Waals surface area contributed by atoms with Gasteiger partial charge in [0.2, 0.25) is 0 Å². The fourth-order valence-corrected chi connectivity index (χ4v) is 3.04. The van der Waals surface area contributed by atoms with Gasteiger partial charge in [-0.15, -0.1) is 0 Å². The highest BCUT2D eigenvalue weighted by atomic mass is 79.9. The zero-order valence-corrected chi connectivity index (χ0v) is 13.7. The maximum Gasteiger partial charge on any atom is 0.124 e. The Morgan fingerprint density at radius 1 is 1.19 bits per heavy atom. The Bertz CT molecular complexity index is 574. The fraction of sp³-hybridized carbons (Fsp3) is 0.294. The molecule has 0 aromatic heterocycles. The first-order valence-corrected chi connectivity index (χ1v) is 7.80. The van der Waals surface area contributed by atoms with E-state index in [-0.39, 0.29) is 11.9 Å². The molecule has 0 fully saturated rings. The number of halogens is 2. The molecule has 0 aliphatic carbocycles. The van der Waals surface area contributed by atoms with Crippen LogP contribution in [0.5, 0.6) is 0 Å². The average molecular weight is 351 g/mol. The summed E-state index contributed by atoms with van der Waals surface area (Å²) in [6, 6.07) is 15.2. The summed E-state index contributed by atoms with van der Waals surface area (Å²) in [6.45, 7) is 1.39. The van der Waals surface area contributed by atoms with Gasteiger partial charge in [-0.3, -0.25) is 4.90 Å². The summed E-state index contributed by atoms with van der Waals surface area (Å²) in [5, 5.41) is 0.